The average Bonchev–Trinajstić information content (AvgIpc) is 3.03. The lowest BCUT2D eigenvalue weighted by atomic mass is 9.80. The highest BCUT2D eigenvalue weighted by Crippen LogP contribution is 2.31. The zero-order valence-electron chi connectivity index (χ0n) is 14.0. The summed E-state index contributed by atoms with van der Waals surface area (Å²) in [6, 6.07) is -1.12. The SMILES string of the molecule is CC1(C(=O)O)C=CC=C(C(=O)O)C1.O=C(O)C1CCN(C(=O)C(F)(F)F)N1. The number of carboxylic acid groups (broad SMARTS) is 3. The number of allylic oxidation sites excluding steroid dienone is 2. The van der Waals surface area contributed by atoms with Gasteiger partial charge in [0, 0.05) is 12.1 Å². The summed E-state index contributed by atoms with van der Waals surface area (Å²) in [6.07, 6.45) is -0.568. The van der Waals surface area contributed by atoms with Crippen LogP contribution in [0.25, 0.3) is 0 Å². The number of rotatable bonds is 3. The van der Waals surface area contributed by atoms with Crippen molar-refractivity contribution in [3.8, 4) is 0 Å². The fourth-order valence-corrected chi connectivity index (χ4v) is 2.25. The second kappa shape index (κ2) is 8.20. The van der Waals surface area contributed by atoms with Crippen molar-refractivity contribution in [3.05, 3.63) is 23.8 Å². The molecule has 0 spiro atoms. The van der Waals surface area contributed by atoms with Crippen molar-refractivity contribution in [2.24, 2.45) is 5.41 Å². The van der Waals surface area contributed by atoms with Crippen LogP contribution in [0, 0.1) is 5.41 Å². The zero-order valence-corrected chi connectivity index (χ0v) is 14.0. The number of nitrogens with zero attached hydrogens (tertiary/aromatic N) is 1. The number of hydrazine groups is 1. The van der Waals surface area contributed by atoms with Gasteiger partial charge < -0.3 is 15.3 Å². The molecule has 0 aromatic rings. The molecule has 12 heteroatoms. The van der Waals surface area contributed by atoms with Gasteiger partial charge in [-0.05, 0) is 19.8 Å². The number of carboxylic acids is 3. The molecule has 0 aromatic heterocycles. The Morgan fingerprint density at radius 1 is 1.22 bits per heavy atom. The summed E-state index contributed by atoms with van der Waals surface area (Å²) in [6.45, 7) is 1.25. The first-order chi connectivity index (χ1) is 12.3. The molecule has 9 nitrogen and oxygen atoms in total. The maximum absolute atomic E-state index is 11.9. The van der Waals surface area contributed by atoms with Crippen molar-refractivity contribution < 1.29 is 47.7 Å². The lowest BCUT2D eigenvalue weighted by molar-refractivity contribution is -0.187. The molecule has 2 aliphatic rings. The van der Waals surface area contributed by atoms with Gasteiger partial charge in [0.05, 0.1) is 5.41 Å². The highest BCUT2D eigenvalue weighted by atomic mass is 19.4. The maximum Gasteiger partial charge on any atom is 0.472 e. The molecule has 2 unspecified atom stereocenters. The van der Waals surface area contributed by atoms with E-state index in [0.717, 1.165) is 0 Å². The predicted octanol–water partition coefficient (Wildman–Crippen LogP) is 0.787. The van der Waals surface area contributed by atoms with Gasteiger partial charge >= 0.3 is 30.0 Å². The average molecular weight is 394 g/mol. The third-order valence-corrected chi connectivity index (χ3v) is 3.82. The van der Waals surface area contributed by atoms with Crippen LogP contribution in [0.15, 0.2) is 23.8 Å². The van der Waals surface area contributed by atoms with Crippen LogP contribution in [0.5, 0.6) is 0 Å². The van der Waals surface area contributed by atoms with Crippen molar-refractivity contribution in [2.45, 2.75) is 32.0 Å². The number of carbonyl (C=O) groups is 4. The molecule has 1 saturated heterocycles. The van der Waals surface area contributed by atoms with Crippen LogP contribution >= 0.6 is 0 Å². The zero-order chi connectivity index (χ0) is 21.0. The quantitative estimate of drug-likeness (QED) is 0.550. The molecule has 1 heterocycles. The van der Waals surface area contributed by atoms with Gasteiger partial charge in [0.25, 0.3) is 0 Å². The topological polar surface area (TPSA) is 144 Å². The standard InChI is InChI=1S/C9H10O4.C6H7F3N2O3/c1-9(8(12)13)4-2-3-6(5-9)7(10)11;7-6(8,9)5(14)11-2-1-3(10-11)4(12)13/h2-4H,5H2,1H3,(H,10,11)(H,12,13);3,10H,1-2H2,(H,12,13). The van der Waals surface area contributed by atoms with Gasteiger partial charge in [0.15, 0.2) is 0 Å². The van der Waals surface area contributed by atoms with Gasteiger partial charge in [-0.1, -0.05) is 18.2 Å². The number of aliphatic carboxylic acids is 3. The Morgan fingerprint density at radius 3 is 2.22 bits per heavy atom. The smallest absolute Gasteiger partial charge is 0.472 e. The number of halogens is 3. The molecule has 27 heavy (non-hydrogen) atoms. The van der Waals surface area contributed by atoms with E-state index in [9.17, 15) is 32.3 Å². The van der Waals surface area contributed by atoms with Crippen LogP contribution in [0.3, 0.4) is 0 Å². The first-order valence-corrected chi connectivity index (χ1v) is 7.50. The Bertz CT molecular complexity index is 702. The van der Waals surface area contributed by atoms with Crippen molar-refractivity contribution in [1.82, 2.24) is 10.4 Å². The summed E-state index contributed by atoms with van der Waals surface area (Å²) in [5.74, 6) is -5.41. The molecule has 1 aliphatic heterocycles. The number of amides is 1. The molecule has 150 valence electrons. The van der Waals surface area contributed by atoms with Gasteiger partial charge in [-0.2, -0.15) is 13.2 Å². The van der Waals surface area contributed by atoms with E-state index in [-0.39, 0.29) is 30.0 Å². The minimum atomic E-state index is -4.97. The summed E-state index contributed by atoms with van der Waals surface area (Å²) in [4.78, 5) is 42.3. The van der Waals surface area contributed by atoms with Crippen molar-refractivity contribution in [3.63, 3.8) is 0 Å². The van der Waals surface area contributed by atoms with Crippen LogP contribution in [0.2, 0.25) is 0 Å². The molecule has 1 aliphatic carbocycles. The van der Waals surface area contributed by atoms with E-state index in [1.807, 2.05) is 5.43 Å². The molecule has 1 amide bonds. The van der Waals surface area contributed by atoms with E-state index in [4.69, 9.17) is 15.3 Å². The third-order valence-electron chi connectivity index (χ3n) is 3.82. The minimum Gasteiger partial charge on any atom is -0.481 e. The van der Waals surface area contributed by atoms with E-state index < -0.39 is 41.4 Å². The number of alkyl halides is 3. The first-order valence-electron chi connectivity index (χ1n) is 7.50. The second-order valence-corrected chi connectivity index (χ2v) is 6.02. The predicted molar refractivity (Wildman–Crippen MR) is 82.2 cm³/mol. The van der Waals surface area contributed by atoms with E-state index in [1.54, 1.807) is 0 Å². The lowest BCUT2D eigenvalue weighted by Gasteiger charge is -2.23. The van der Waals surface area contributed by atoms with Gasteiger partial charge in [-0.25, -0.2) is 10.2 Å². The summed E-state index contributed by atoms with van der Waals surface area (Å²) in [7, 11) is 0. The summed E-state index contributed by atoms with van der Waals surface area (Å²) < 4.78 is 35.6. The molecule has 2 rings (SSSR count). The van der Waals surface area contributed by atoms with Crippen molar-refractivity contribution in [1.29, 1.82) is 0 Å². The normalized spacial score (nSPS) is 24.5. The number of hydrogen-bond donors (Lipinski definition) is 4. The van der Waals surface area contributed by atoms with Crippen LogP contribution in [0.4, 0.5) is 13.2 Å². The Kier molecular flexibility index (Phi) is 6.73. The molecule has 1 fully saturated rings. The van der Waals surface area contributed by atoms with Gasteiger partial charge in [0.2, 0.25) is 0 Å². The monoisotopic (exact) mass is 394 g/mol. The van der Waals surface area contributed by atoms with Crippen LogP contribution in [0.1, 0.15) is 19.8 Å². The van der Waals surface area contributed by atoms with Crippen LogP contribution < -0.4 is 5.43 Å². The molecule has 0 saturated carbocycles. The Hall–Kier alpha value is -2.89. The Labute approximate surface area is 150 Å². The fraction of sp³-hybridized carbons (Fsp3) is 0.467. The minimum absolute atomic E-state index is 0.0306. The molecular weight excluding hydrogens is 377 g/mol. The largest absolute Gasteiger partial charge is 0.481 e. The van der Waals surface area contributed by atoms with Crippen LogP contribution in [-0.4, -0.2) is 62.9 Å². The molecule has 0 aromatic carbocycles. The highest BCUT2D eigenvalue weighted by Gasteiger charge is 2.45. The van der Waals surface area contributed by atoms with Crippen molar-refractivity contribution >= 4 is 23.8 Å². The molecule has 0 radical (unpaired) electrons. The van der Waals surface area contributed by atoms with E-state index >= 15 is 0 Å². The summed E-state index contributed by atoms with van der Waals surface area (Å²) in [5.41, 5.74) is 1.01. The van der Waals surface area contributed by atoms with Gasteiger partial charge in [0.1, 0.15) is 6.04 Å². The number of nitrogens with one attached hydrogen (secondary N) is 1. The summed E-state index contributed by atoms with van der Waals surface area (Å²) in [5, 5.41) is 26.2. The van der Waals surface area contributed by atoms with Gasteiger partial charge in [-0.3, -0.25) is 19.4 Å². The first kappa shape index (κ1) is 22.2. The van der Waals surface area contributed by atoms with E-state index in [2.05, 4.69) is 0 Å². The fourth-order valence-electron chi connectivity index (χ4n) is 2.25. The Balaban J connectivity index is 0.000000271. The van der Waals surface area contributed by atoms with E-state index in [0.29, 0.717) is 0 Å². The molecule has 2 atom stereocenters. The lowest BCUT2D eigenvalue weighted by Crippen LogP contribution is -2.48. The Morgan fingerprint density at radius 2 is 1.81 bits per heavy atom. The number of carbonyl (C=O) groups excluding carboxylic acids is 1. The van der Waals surface area contributed by atoms with Gasteiger partial charge in [-0.15, -0.1) is 0 Å². The molecule has 0 bridgehead atoms. The second-order valence-electron chi connectivity index (χ2n) is 6.02. The molecule has 4 N–H and O–H groups in total. The molecular formula is C15H17F3N2O7. The van der Waals surface area contributed by atoms with Crippen molar-refractivity contribution in [2.75, 3.05) is 6.54 Å². The highest BCUT2D eigenvalue weighted by molar-refractivity contribution is 5.90. The van der Waals surface area contributed by atoms with Crippen LogP contribution in [-0.2, 0) is 19.2 Å². The third kappa shape index (κ3) is 5.81. The maximum atomic E-state index is 11.9. The van der Waals surface area contributed by atoms with E-state index in [1.165, 1.54) is 25.2 Å². The number of hydrogen-bond acceptors (Lipinski definition) is 5. The summed E-state index contributed by atoms with van der Waals surface area (Å²) >= 11 is 0.